The topological polar surface area (TPSA) is 120 Å². The van der Waals surface area contributed by atoms with Crippen LogP contribution in [0.3, 0.4) is 0 Å². The first kappa shape index (κ1) is 13.8. The van der Waals surface area contributed by atoms with Crippen molar-refractivity contribution in [2.24, 2.45) is 10.3 Å². The molecule has 0 unspecified atom stereocenters. The van der Waals surface area contributed by atoms with Gasteiger partial charge < -0.3 is 0 Å². The zero-order valence-corrected chi connectivity index (χ0v) is 10.5. The molecule has 0 heterocycles. The van der Waals surface area contributed by atoms with Crippen molar-refractivity contribution in [3.63, 3.8) is 0 Å². The van der Waals surface area contributed by atoms with Gasteiger partial charge in [-0.1, -0.05) is 18.2 Å². The van der Waals surface area contributed by atoms with Gasteiger partial charge in [0.25, 0.3) is 0 Å². The summed E-state index contributed by atoms with van der Waals surface area (Å²) in [5.41, 5.74) is 0.244. The fourth-order valence-electron chi connectivity index (χ4n) is 1.42. The van der Waals surface area contributed by atoms with E-state index in [9.17, 15) is 16.8 Å². The van der Waals surface area contributed by atoms with Crippen LogP contribution in [-0.4, -0.2) is 16.8 Å². The minimum absolute atomic E-state index is 0.176. The molecule has 94 valence electrons. The molecule has 6 nitrogen and oxygen atoms in total. The molecule has 1 aromatic rings. The van der Waals surface area contributed by atoms with Gasteiger partial charge in [-0.2, -0.15) is 0 Å². The molecule has 0 aliphatic heterocycles. The Balaban J connectivity index is 3.76. The van der Waals surface area contributed by atoms with Crippen LogP contribution in [0, 0.1) is 0 Å². The Labute approximate surface area is 100 Å². The summed E-state index contributed by atoms with van der Waals surface area (Å²) in [5, 5.41) is 9.95. The standard InChI is InChI=1S/C9H12N2O4S2/c1-2-4-7-5-3-6-8(16(10,12)13)9(7)17(11,14)15/h2-3,5-6H,1,4H2,(H2,10,12,13)(H2,11,14,15). The lowest BCUT2D eigenvalue weighted by molar-refractivity contribution is 0.583. The average Bonchev–Trinajstić information content (AvgIpc) is 2.14. The third-order valence-corrected chi connectivity index (χ3v) is 4.15. The van der Waals surface area contributed by atoms with Crippen molar-refractivity contribution in [2.75, 3.05) is 0 Å². The van der Waals surface area contributed by atoms with Crippen LogP contribution in [0.25, 0.3) is 0 Å². The lowest BCUT2D eigenvalue weighted by Crippen LogP contribution is -2.22. The van der Waals surface area contributed by atoms with E-state index >= 15 is 0 Å². The van der Waals surface area contributed by atoms with Crippen molar-refractivity contribution < 1.29 is 16.8 Å². The highest BCUT2D eigenvalue weighted by atomic mass is 32.2. The highest BCUT2D eigenvalue weighted by Gasteiger charge is 2.24. The zero-order valence-electron chi connectivity index (χ0n) is 8.83. The van der Waals surface area contributed by atoms with Gasteiger partial charge in [0.2, 0.25) is 20.0 Å². The molecule has 0 aliphatic carbocycles. The van der Waals surface area contributed by atoms with Gasteiger partial charge in [0, 0.05) is 0 Å². The summed E-state index contributed by atoms with van der Waals surface area (Å²) in [6.07, 6.45) is 1.62. The fraction of sp³-hybridized carbons (Fsp3) is 0.111. The molecule has 0 aliphatic rings. The molecular formula is C9H12N2O4S2. The molecule has 0 aromatic heterocycles. The summed E-state index contributed by atoms with van der Waals surface area (Å²) in [7, 11) is -8.33. The quantitative estimate of drug-likeness (QED) is 0.734. The maximum atomic E-state index is 11.4. The first-order valence-electron chi connectivity index (χ1n) is 4.46. The molecule has 1 aromatic carbocycles. The summed E-state index contributed by atoms with van der Waals surface area (Å²) in [6, 6.07) is 3.95. The molecule has 0 spiro atoms. The normalized spacial score (nSPS) is 12.4. The van der Waals surface area contributed by atoms with Crippen molar-refractivity contribution in [3.8, 4) is 0 Å². The van der Waals surface area contributed by atoms with E-state index in [1.165, 1.54) is 18.2 Å². The van der Waals surface area contributed by atoms with Crippen molar-refractivity contribution in [1.29, 1.82) is 0 Å². The third-order valence-electron chi connectivity index (χ3n) is 2.02. The Morgan fingerprint density at radius 1 is 1.12 bits per heavy atom. The van der Waals surface area contributed by atoms with Gasteiger partial charge in [-0.3, -0.25) is 0 Å². The molecule has 0 fully saturated rings. The van der Waals surface area contributed by atoms with E-state index in [0.717, 1.165) is 6.07 Å². The van der Waals surface area contributed by atoms with Crippen molar-refractivity contribution in [3.05, 3.63) is 36.4 Å². The minimum atomic E-state index is -4.18. The number of hydrogen-bond donors (Lipinski definition) is 2. The summed E-state index contributed by atoms with van der Waals surface area (Å²) in [4.78, 5) is -0.971. The predicted molar refractivity (Wildman–Crippen MR) is 63.1 cm³/mol. The van der Waals surface area contributed by atoms with Gasteiger partial charge in [-0.15, -0.1) is 6.58 Å². The largest absolute Gasteiger partial charge is 0.239 e. The molecule has 0 saturated carbocycles. The van der Waals surface area contributed by atoms with Gasteiger partial charge in [-0.05, 0) is 18.1 Å². The summed E-state index contributed by atoms with van der Waals surface area (Å²) in [5.74, 6) is 0. The number of nitrogens with two attached hydrogens (primary N) is 2. The Kier molecular flexibility index (Phi) is 3.72. The van der Waals surface area contributed by atoms with Crippen LogP contribution in [0.15, 0.2) is 40.6 Å². The first-order chi connectivity index (χ1) is 7.68. The second kappa shape index (κ2) is 4.57. The molecule has 1 rings (SSSR count). The van der Waals surface area contributed by atoms with E-state index in [0.29, 0.717) is 0 Å². The van der Waals surface area contributed by atoms with Gasteiger partial charge in [0.1, 0.15) is 9.79 Å². The maximum Gasteiger partial charge on any atom is 0.239 e. The molecule has 4 N–H and O–H groups in total. The third kappa shape index (κ3) is 3.13. The molecule has 0 radical (unpaired) electrons. The van der Waals surface area contributed by atoms with Crippen molar-refractivity contribution >= 4 is 20.0 Å². The number of rotatable bonds is 4. The fourth-order valence-corrected chi connectivity index (χ4v) is 3.64. The second-order valence-corrected chi connectivity index (χ2v) is 6.36. The van der Waals surface area contributed by atoms with Crippen LogP contribution in [-0.2, 0) is 26.5 Å². The Morgan fingerprint density at radius 3 is 2.12 bits per heavy atom. The van der Waals surface area contributed by atoms with E-state index in [1.807, 2.05) is 0 Å². The first-order valence-corrected chi connectivity index (χ1v) is 7.55. The van der Waals surface area contributed by atoms with Gasteiger partial charge in [-0.25, -0.2) is 27.1 Å². The van der Waals surface area contributed by atoms with Gasteiger partial charge in [0.05, 0.1) is 0 Å². The van der Waals surface area contributed by atoms with Crippen LogP contribution in [0.4, 0.5) is 0 Å². The monoisotopic (exact) mass is 276 g/mol. The highest BCUT2D eigenvalue weighted by molar-refractivity contribution is 7.92. The Morgan fingerprint density at radius 2 is 1.71 bits per heavy atom. The van der Waals surface area contributed by atoms with Crippen molar-refractivity contribution in [1.82, 2.24) is 0 Å². The zero-order chi connectivity index (χ0) is 13.3. The molecule has 0 saturated heterocycles. The van der Waals surface area contributed by atoms with E-state index < -0.39 is 29.8 Å². The lowest BCUT2D eigenvalue weighted by Gasteiger charge is -2.10. The predicted octanol–water partition coefficient (Wildman–Crippen LogP) is -0.290. The van der Waals surface area contributed by atoms with Crippen LogP contribution < -0.4 is 10.3 Å². The molecule has 8 heteroatoms. The van der Waals surface area contributed by atoms with Gasteiger partial charge in [0.15, 0.2) is 0 Å². The molecular weight excluding hydrogens is 264 g/mol. The number of hydrogen-bond acceptors (Lipinski definition) is 4. The lowest BCUT2D eigenvalue weighted by atomic mass is 10.1. The van der Waals surface area contributed by atoms with Crippen LogP contribution in [0.5, 0.6) is 0 Å². The number of sulfonamides is 2. The van der Waals surface area contributed by atoms with Crippen molar-refractivity contribution in [2.45, 2.75) is 16.2 Å². The van der Waals surface area contributed by atoms with Gasteiger partial charge >= 0.3 is 0 Å². The molecule has 0 amide bonds. The number of benzene rings is 1. The smallest absolute Gasteiger partial charge is 0.225 e. The van der Waals surface area contributed by atoms with Crippen LogP contribution in [0.2, 0.25) is 0 Å². The minimum Gasteiger partial charge on any atom is -0.225 e. The molecule has 0 bridgehead atoms. The second-order valence-electron chi connectivity index (χ2n) is 3.33. The average molecular weight is 276 g/mol. The van der Waals surface area contributed by atoms with E-state index in [2.05, 4.69) is 6.58 Å². The van der Waals surface area contributed by atoms with E-state index in [4.69, 9.17) is 10.3 Å². The van der Waals surface area contributed by atoms with E-state index in [1.54, 1.807) is 0 Å². The number of primary sulfonamides is 2. The SMILES string of the molecule is C=CCc1cccc(S(N)(=O)=O)c1S(N)(=O)=O. The van der Waals surface area contributed by atoms with E-state index in [-0.39, 0.29) is 12.0 Å². The number of allylic oxidation sites excluding steroid dienone is 1. The van der Waals surface area contributed by atoms with Crippen LogP contribution >= 0.6 is 0 Å². The maximum absolute atomic E-state index is 11.4. The highest BCUT2D eigenvalue weighted by Crippen LogP contribution is 2.23. The molecule has 0 atom stereocenters. The summed E-state index contributed by atoms with van der Waals surface area (Å²) in [6.45, 7) is 3.45. The molecule has 17 heavy (non-hydrogen) atoms. The van der Waals surface area contributed by atoms with Crippen LogP contribution in [0.1, 0.15) is 5.56 Å². The summed E-state index contributed by atoms with van der Waals surface area (Å²) < 4.78 is 45.4. The summed E-state index contributed by atoms with van der Waals surface area (Å²) >= 11 is 0. The Bertz CT molecular complexity index is 648. The Hall–Kier alpha value is -1.22.